The molecule has 0 heterocycles. The van der Waals surface area contributed by atoms with Crippen molar-refractivity contribution in [1.82, 2.24) is 16.2 Å². The Morgan fingerprint density at radius 2 is 1.59 bits per heavy atom. The molecule has 7 nitrogen and oxygen atoms in total. The summed E-state index contributed by atoms with van der Waals surface area (Å²) in [5.41, 5.74) is 7.36. The molecule has 0 saturated heterocycles. The molecule has 2 rings (SSSR count). The van der Waals surface area contributed by atoms with E-state index in [4.69, 9.17) is 21.7 Å². The van der Waals surface area contributed by atoms with Crippen molar-refractivity contribution in [3.05, 3.63) is 59.2 Å². The summed E-state index contributed by atoms with van der Waals surface area (Å²) in [6.45, 7) is 7.56. The summed E-state index contributed by atoms with van der Waals surface area (Å²) in [6.07, 6.45) is 0.0500. The molecule has 2 aromatic rings. The Morgan fingerprint density at radius 1 is 0.966 bits per heavy atom. The summed E-state index contributed by atoms with van der Waals surface area (Å²) in [5.74, 6) is 0.446. The van der Waals surface area contributed by atoms with Crippen LogP contribution in [0.5, 0.6) is 11.5 Å². The highest BCUT2D eigenvalue weighted by molar-refractivity contribution is 7.80. The van der Waals surface area contributed by atoms with Crippen molar-refractivity contribution in [2.75, 3.05) is 6.61 Å². The Morgan fingerprint density at radius 3 is 2.17 bits per heavy atom. The molecule has 0 aliphatic heterocycles. The van der Waals surface area contributed by atoms with Gasteiger partial charge in [-0.15, -0.1) is 0 Å². The number of rotatable bonds is 6. The van der Waals surface area contributed by atoms with E-state index < -0.39 is 11.8 Å². The van der Waals surface area contributed by atoms with Crippen LogP contribution in [0.3, 0.4) is 0 Å². The zero-order valence-electron chi connectivity index (χ0n) is 16.9. The fourth-order valence-electron chi connectivity index (χ4n) is 2.49. The topological polar surface area (TPSA) is 88.7 Å². The van der Waals surface area contributed by atoms with Gasteiger partial charge >= 0.3 is 0 Å². The third-order valence-electron chi connectivity index (χ3n) is 3.60. The second-order valence-corrected chi connectivity index (χ2v) is 7.17. The van der Waals surface area contributed by atoms with Crippen LogP contribution in [-0.2, 0) is 4.79 Å². The summed E-state index contributed by atoms with van der Waals surface area (Å²) in [6, 6.07) is 12.4. The van der Waals surface area contributed by atoms with Crippen molar-refractivity contribution in [2.45, 2.75) is 33.8 Å². The van der Waals surface area contributed by atoms with E-state index in [1.807, 2.05) is 45.9 Å². The highest BCUT2D eigenvalue weighted by Crippen LogP contribution is 2.16. The van der Waals surface area contributed by atoms with E-state index in [1.165, 1.54) is 0 Å². The van der Waals surface area contributed by atoms with Gasteiger partial charge in [-0.3, -0.25) is 25.8 Å². The van der Waals surface area contributed by atoms with Gasteiger partial charge in [0.2, 0.25) is 0 Å². The standard InChI is InChI=1S/C21H25N3O4S/c1-13(2)28-17-7-5-16(6-8-17)20(26)22-21(29)24-23-19(25)12-27-18-10-14(3)9-15(4)11-18/h5-11,13H,12H2,1-4H3,(H,23,25)(H2,22,24,26,29). The second kappa shape index (κ2) is 10.4. The molecule has 0 aromatic heterocycles. The molecular formula is C21H25N3O4S. The first-order valence-electron chi connectivity index (χ1n) is 9.11. The van der Waals surface area contributed by atoms with Crippen LogP contribution in [0.2, 0.25) is 0 Å². The lowest BCUT2D eigenvalue weighted by Crippen LogP contribution is -2.49. The van der Waals surface area contributed by atoms with E-state index in [1.54, 1.807) is 24.3 Å². The van der Waals surface area contributed by atoms with Crippen LogP contribution in [0.1, 0.15) is 35.3 Å². The maximum absolute atomic E-state index is 12.2. The van der Waals surface area contributed by atoms with Crippen LogP contribution in [0, 0.1) is 13.8 Å². The minimum atomic E-state index is -0.434. The Bertz CT molecular complexity index is 862. The first kappa shape index (κ1) is 22.2. The molecule has 0 aliphatic rings. The van der Waals surface area contributed by atoms with Crippen molar-refractivity contribution in [3.63, 3.8) is 0 Å². The number of hydrazine groups is 1. The van der Waals surface area contributed by atoms with Crippen molar-refractivity contribution in [3.8, 4) is 11.5 Å². The Hall–Kier alpha value is -3.13. The zero-order chi connectivity index (χ0) is 21.4. The third kappa shape index (κ3) is 7.79. The molecule has 154 valence electrons. The number of amides is 2. The largest absolute Gasteiger partial charge is 0.491 e. The molecule has 0 aliphatic carbocycles. The molecule has 0 atom stereocenters. The minimum Gasteiger partial charge on any atom is -0.491 e. The van der Waals surface area contributed by atoms with Crippen LogP contribution in [0.15, 0.2) is 42.5 Å². The normalized spacial score (nSPS) is 10.2. The number of carbonyl (C=O) groups is 2. The van der Waals surface area contributed by atoms with Crippen LogP contribution in [0.25, 0.3) is 0 Å². The molecule has 0 bridgehead atoms. The molecule has 0 spiro atoms. The molecule has 8 heteroatoms. The summed E-state index contributed by atoms with van der Waals surface area (Å²) < 4.78 is 11.0. The highest BCUT2D eigenvalue weighted by atomic mass is 32.1. The van der Waals surface area contributed by atoms with Crippen LogP contribution < -0.4 is 25.6 Å². The maximum atomic E-state index is 12.2. The van der Waals surface area contributed by atoms with Gasteiger partial charge in [0.15, 0.2) is 11.7 Å². The summed E-state index contributed by atoms with van der Waals surface area (Å²) in [4.78, 5) is 24.1. The molecular weight excluding hydrogens is 390 g/mol. The number of benzene rings is 2. The number of carbonyl (C=O) groups excluding carboxylic acids is 2. The van der Waals surface area contributed by atoms with Crippen LogP contribution in [0.4, 0.5) is 0 Å². The van der Waals surface area contributed by atoms with Crippen LogP contribution >= 0.6 is 12.2 Å². The lowest BCUT2D eigenvalue weighted by atomic mass is 10.1. The molecule has 0 unspecified atom stereocenters. The summed E-state index contributed by atoms with van der Waals surface area (Å²) in [7, 11) is 0. The van der Waals surface area contributed by atoms with Gasteiger partial charge < -0.3 is 9.47 Å². The molecule has 2 aromatic carbocycles. The maximum Gasteiger partial charge on any atom is 0.276 e. The SMILES string of the molecule is Cc1cc(C)cc(OCC(=O)NNC(=S)NC(=O)c2ccc(OC(C)C)cc2)c1. The highest BCUT2D eigenvalue weighted by Gasteiger charge is 2.10. The van der Waals surface area contributed by atoms with E-state index in [2.05, 4.69) is 16.2 Å². The fourth-order valence-corrected chi connectivity index (χ4v) is 2.63. The lowest BCUT2D eigenvalue weighted by Gasteiger charge is -2.12. The van der Waals surface area contributed by atoms with Gasteiger partial charge in [-0.05, 0) is 87.4 Å². The van der Waals surface area contributed by atoms with Gasteiger partial charge in [0.25, 0.3) is 11.8 Å². The van der Waals surface area contributed by atoms with Crippen molar-refractivity contribution >= 4 is 29.1 Å². The Kier molecular flexibility index (Phi) is 7.97. The number of nitrogens with one attached hydrogen (secondary N) is 3. The van der Waals surface area contributed by atoms with Gasteiger partial charge in [0, 0.05) is 5.56 Å². The minimum absolute atomic E-state index is 0.0303. The van der Waals surface area contributed by atoms with E-state index in [0.717, 1.165) is 11.1 Å². The zero-order valence-corrected chi connectivity index (χ0v) is 17.7. The van der Waals surface area contributed by atoms with Crippen molar-refractivity contribution in [2.24, 2.45) is 0 Å². The number of aryl methyl sites for hydroxylation is 2. The summed E-state index contributed by atoms with van der Waals surface area (Å²) >= 11 is 5.02. The van der Waals surface area contributed by atoms with Gasteiger partial charge in [-0.2, -0.15) is 0 Å². The monoisotopic (exact) mass is 415 g/mol. The van der Waals surface area contributed by atoms with Gasteiger partial charge in [-0.1, -0.05) is 6.07 Å². The first-order valence-corrected chi connectivity index (χ1v) is 9.51. The predicted molar refractivity (Wildman–Crippen MR) is 115 cm³/mol. The summed E-state index contributed by atoms with van der Waals surface area (Å²) in [5, 5.41) is 2.46. The molecule has 0 radical (unpaired) electrons. The van der Waals surface area contributed by atoms with E-state index >= 15 is 0 Å². The van der Waals surface area contributed by atoms with E-state index in [-0.39, 0.29) is 17.8 Å². The number of thiocarbonyl (C=S) groups is 1. The second-order valence-electron chi connectivity index (χ2n) is 6.76. The Labute approximate surface area is 175 Å². The first-order chi connectivity index (χ1) is 13.7. The average Bonchev–Trinajstić information content (AvgIpc) is 2.64. The number of hydrogen-bond acceptors (Lipinski definition) is 5. The van der Waals surface area contributed by atoms with Gasteiger partial charge in [-0.25, -0.2) is 0 Å². The molecule has 0 saturated carbocycles. The van der Waals surface area contributed by atoms with Crippen molar-refractivity contribution in [1.29, 1.82) is 0 Å². The van der Waals surface area contributed by atoms with Gasteiger partial charge in [0.1, 0.15) is 11.5 Å². The number of hydrogen-bond donors (Lipinski definition) is 3. The molecule has 3 N–H and O–H groups in total. The third-order valence-corrected chi connectivity index (χ3v) is 3.80. The van der Waals surface area contributed by atoms with Gasteiger partial charge in [0.05, 0.1) is 6.10 Å². The quantitative estimate of drug-likeness (QED) is 0.497. The fraction of sp³-hybridized carbons (Fsp3) is 0.286. The molecule has 2 amide bonds. The molecule has 0 fully saturated rings. The van der Waals surface area contributed by atoms with E-state index in [9.17, 15) is 9.59 Å². The van der Waals surface area contributed by atoms with Crippen molar-refractivity contribution < 1.29 is 19.1 Å². The smallest absolute Gasteiger partial charge is 0.276 e. The predicted octanol–water partition coefficient (Wildman–Crippen LogP) is 2.81. The van der Waals surface area contributed by atoms with Crippen LogP contribution in [-0.4, -0.2) is 29.6 Å². The molecule has 29 heavy (non-hydrogen) atoms. The lowest BCUT2D eigenvalue weighted by molar-refractivity contribution is -0.123. The van der Waals surface area contributed by atoms with E-state index in [0.29, 0.717) is 17.1 Å². The Balaban J connectivity index is 1.75. The number of ether oxygens (including phenoxy) is 2. The average molecular weight is 416 g/mol.